The Labute approximate surface area is 85.1 Å². The molecule has 1 aliphatic heterocycles. The van der Waals surface area contributed by atoms with Crippen molar-refractivity contribution in [1.82, 2.24) is 0 Å². The summed E-state index contributed by atoms with van der Waals surface area (Å²) in [6.07, 6.45) is 0. The molecule has 1 heterocycles. The van der Waals surface area contributed by atoms with E-state index in [-0.39, 0.29) is 6.04 Å². The molecule has 2 rings (SSSR count). The second-order valence-electron chi connectivity index (χ2n) is 4.23. The van der Waals surface area contributed by atoms with Crippen LogP contribution in [0.3, 0.4) is 0 Å². The van der Waals surface area contributed by atoms with Crippen LogP contribution in [0, 0.1) is 0 Å². The Morgan fingerprint density at radius 2 is 2.21 bits per heavy atom. The largest absolute Gasteiger partial charge is 0.375 e. The van der Waals surface area contributed by atoms with E-state index in [1.54, 1.807) is 0 Å². The molecule has 1 atom stereocenters. The Morgan fingerprint density at radius 3 is 2.93 bits per heavy atom. The smallest absolute Gasteiger partial charge is 0.0721 e. The normalized spacial score (nSPS) is 21.0. The Balaban J connectivity index is 2.39. The van der Waals surface area contributed by atoms with E-state index >= 15 is 0 Å². The topological polar surface area (TPSA) is 35.2 Å². The van der Waals surface area contributed by atoms with Gasteiger partial charge in [-0.2, -0.15) is 0 Å². The lowest BCUT2D eigenvalue weighted by atomic mass is 9.93. The highest BCUT2D eigenvalue weighted by atomic mass is 16.5. The van der Waals surface area contributed by atoms with Crippen LogP contribution < -0.4 is 5.73 Å². The molecule has 0 amide bonds. The van der Waals surface area contributed by atoms with Crippen LogP contribution >= 0.6 is 0 Å². The van der Waals surface area contributed by atoms with Crippen LogP contribution in [0.5, 0.6) is 0 Å². The number of hydrogen-bond acceptors (Lipinski definition) is 2. The highest BCUT2D eigenvalue weighted by Gasteiger charge is 2.17. The molecule has 2 N–H and O–H groups in total. The minimum Gasteiger partial charge on any atom is -0.375 e. The zero-order chi connectivity index (χ0) is 10.1. The Morgan fingerprint density at radius 1 is 1.43 bits per heavy atom. The van der Waals surface area contributed by atoms with Crippen molar-refractivity contribution in [3.05, 3.63) is 34.9 Å². The van der Waals surface area contributed by atoms with Crippen molar-refractivity contribution < 1.29 is 4.74 Å². The lowest BCUT2D eigenvalue weighted by molar-refractivity contribution is 0.0923. The van der Waals surface area contributed by atoms with Crippen LogP contribution in [0.4, 0.5) is 0 Å². The summed E-state index contributed by atoms with van der Waals surface area (Å²) >= 11 is 0. The standard InChI is InChI=1S/C12H17NO/c1-8(2)9-3-4-11-10(5-9)6-14-7-12(11)13/h3-5,8,12H,6-7,13H2,1-2H3/t12-/m0/s1. The van der Waals surface area contributed by atoms with Gasteiger partial charge in [-0.15, -0.1) is 0 Å². The van der Waals surface area contributed by atoms with Gasteiger partial charge in [-0.3, -0.25) is 0 Å². The summed E-state index contributed by atoms with van der Waals surface area (Å²) < 4.78 is 5.42. The fraction of sp³-hybridized carbons (Fsp3) is 0.500. The highest BCUT2D eigenvalue weighted by Crippen LogP contribution is 2.26. The van der Waals surface area contributed by atoms with Gasteiger partial charge in [-0.25, -0.2) is 0 Å². The predicted octanol–water partition coefficient (Wildman–Crippen LogP) is 2.34. The molecule has 0 aromatic heterocycles. The molecule has 2 heteroatoms. The molecule has 0 saturated heterocycles. The lowest BCUT2D eigenvalue weighted by Gasteiger charge is -2.23. The third-order valence-electron chi connectivity index (χ3n) is 2.79. The number of benzene rings is 1. The molecule has 1 aromatic carbocycles. The molecular formula is C12H17NO. The van der Waals surface area contributed by atoms with Crippen LogP contribution in [-0.4, -0.2) is 6.61 Å². The van der Waals surface area contributed by atoms with E-state index in [1.807, 2.05) is 0 Å². The molecule has 0 saturated carbocycles. The number of hydrogen-bond donors (Lipinski definition) is 1. The fourth-order valence-electron chi connectivity index (χ4n) is 1.86. The van der Waals surface area contributed by atoms with Crippen molar-refractivity contribution in [2.75, 3.05) is 6.61 Å². The van der Waals surface area contributed by atoms with E-state index in [9.17, 15) is 0 Å². The number of ether oxygens (including phenoxy) is 1. The minimum absolute atomic E-state index is 0.0555. The SMILES string of the molecule is CC(C)c1ccc2c(c1)COC[C@@H]2N. The van der Waals surface area contributed by atoms with E-state index < -0.39 is 0 Å². The molecule has 0 radical (unpaired) electrons. The Hall–Kier alpha value is -0.860. The number of fused-ring (bicyclic) bond motifs is 1. The average Bonchev–Trinajstić information content (AvgIpc) is 2.17. The van der Waals surface area contributed by atoms with E-state index in [2.05, 4.69) is 32.0 Å². The highest BCUT2D eigenvalue weighted by molar-refractivity contribution is 5.36. The predicted molar refractivity (Wildman–Crippen MR) is 57.1 cm³/mol. The quantitative estimate of drug-likeness (QED) is 0.739. The van der Waals surface area contributed by atoms with Gasteiger partial charge in [0, 0.05) is 0 Å². The molecule has 1 aliphatic rings. The lowest BCUT2D eigenvalue weighted by Crippen LogP contribution is -2.23. The molecule has 0 bridgehead atoms. The number of nitrogens with two attached hydrogens (primary N) is 1. The molecule has 0 aliphatic carbocycles. The first-order valence-electron chi connectivity index (χ1n) is 5.14. The van der Waals surface area contributed by atoms with Crippen molar-refractivity contribution >= 4 is 0 Å². The molecule has 76 valence electrons. The molecule has 2 nitrogen and oxygen atoms in total. The Bertz CT molecular complexity index is 333. The minimum atomic E-state index is 0.0555. The van der Waals surface area contributed by atoms with Crippen molar-refractivity contribution in [3.8, 4) is 0 Å². The number of rotatable bonds is 1. The van der Waals surface area contributed by atoms with Crippen LogP contribution in [0.2, 0.25) is 0 Å². The third-order valence-corrected chi connectivity index (χ3v) is 2.79. The summed E-state index contributed by atoms with van der Waals surface area (Å²) in [5.41, 5.74) is 9.82. The summed E-state index contributed by atoms with van der Waals surface area (Å²) in [6.45, 7) is 5.76. The van der Waals surface area contributed by atoms with Crippen molar-refractivity contribution in [3.63, 3.8) is 0 Å². The zero-order valence-corrected chi connectivity index (χ0v) is 8.79. The second kappa shape index (κ2) is 3.71. The van der Waals surface area contributed by atoms with E-state index in [1.165, 1.54) is 16.7 Å². The zero-order valence-electron chi connectivity index (χ0n) is 8.79. The van der Waals surface area contributed by atoms with Crippen LogP contribution in [-0.2, 0) is 11.3 Å². The van der Waals surface area contributed by atoms with Crippen molar-refractivity contribution in [2.45, 2.75) is 32.4 Å². The average molecular weight is 191 g/mol. The second-order valence-corrected chi connectivity index (χ2v) is 4.23. The van der Waals surface area contributed by atoms with Gasteiger partial charge in [0.1, 0.15) is 0 Å². The maximum absolute atomic E-state index is 5.95. The Kier molecular flexibility index (Phi) is 2.57. The summed E-state index contributed by atoms with van der Waals surface area (Å²) in [6, 6.07) is 6.60. The van der Waals surface area contributed by atoms with Gasteiger partial charge in [0.05, 0.1) is 19.3 Å². The first kappa shape index (κ1) is 9.69. The summed E-state index contributed by atoms with van der Waals surface area (Å²) in [4.78, 5) is 0. The van der Waals surface area contributed by atoms with Crippen molar-refractivity contribution in [1.29, 1.82) is 0 Å². The first-order valence-corrected chi connectivity index (χ1v) is 5.14. The van der Waals surface area contributed by atoms with E-state index in [0.29, 0.717) is 19.1 Å². The first-order chi connectivity index (χ1) is 6.68. The van der Waals surface area contributed by atoms with Crippen LogP contribution in [0.25, 0.3) is 0 Å². The van der Waals surface area contributed by atoms with Gasteiger partial charge in [0.2, 0.25) is 0 Å². The van der Waals surface area contributed by atoms with Gasteiger partial charge in [-0.05, 0) is 22.6 Å². The van der Waals surface area contributed by atoms with E-state index in [0.717, 1.165) is 0 Å². The van der Waals surface area contributed by atoms with Gasteiger partial charge in [0.15, 0.2) is 0 Å². The van der Waals surface area contributed by atoms with Gasteiger partial charge in [0.25, 0.3) is 0 Å². The fourth-order valence-corrected chi connectivity index (χ4v) is 1.86. The van der Waals surface area contributed by atoms with E-state index in [4.69, 9.17) is 10.5 Å². The molecular weight excluding hydrogens is 174 g/mol. The monoisotopic (exact) mass is 191 g/mol. The molecule has 0 fully saturated rings. The third kappa shape index (κ3) is 1.68. The summed E-state index contributed by atoms with van der Waals surface area (Å²) in [7, 11) is 0. The van der Waals surface area contributed by atoms with Gasteiger partial charge >= 0.3 is 0 Å². The maximum atomic E-state index is 5.95. The maximum Gasteiger partial charge on any atom is 0.0721 e. The molecule has 14 heavy (non-hydrogen) atoms. The van der Waals surface area contributed by atoms with Crippen LogP contribution in [0.15, 0.2) is 18.2 Å². The van der Waals surface area contributed by atoms with Gasteiger partial charge in [-0.1, -0.05) is 32.0 Å². The molecule has 0 unspecified atom stereocenters. The van der Waals surface area contributed by atoms with Crippen molar-refractivity contribution in [2.24, 2.45) is 5.73 Å². The molecule has 0 spiro atoms. The molecule has 1 aromatic rings. The summed E-state index contributed by atoms with van der Waals surface area (Å²) in [5, 5.41) is 0. The summed E-state index contributed by atoms with van der Waals surface area (Å²) in [5.74, 6) is 0.568. The van der Waals surface area contributed by atoms with Gasteiger partial charge < -0.3 is 10.5 Å². The van der Waals surface area contributed by atoms with Crippen LogP contribution in [0.1, 0.15) is 42.5 Å².